The van der Waals surface area contributed by atoms with E-state index in [1.54, 1.807) is 0 Å². The van der Waals surface area contributed by atoms with Crippen LogP contribution in [0.5, 0.6) is 0 Å². The van der Waals surface area contributed by atoms with Crippen LogP contribution in [0, 0.1) is 5.92 Å². The minimum atomic E-state index is 0.581. The number of piperidine rings is 1. The van der Waals surface area contributed by atoms with Crippen molar-refractivity contribution in [2.75, 3.05) is 19.6 Å². The molecule has 0 spiro atoms. The minimum Gasteiger partial charge on any atom is -0.336 e. The molecule has 0 bridgehead atoms. The van der Waals surface area contributed by atoms with Gasteiger partial charge in [0.15, 0.2) is 0 Å². The maximum atomic E-state index is 5.90. The van der Waals surface area contributed by atoms with E-state index in [9.17, 15) is 0 Å². The van der Waals surface area contributed by atoms with Gasteiger partial charge in [-0.1, -0.05) is 13.3 Å². The number of hydrogen-bond donors (Lipinski definition) is 1. The number of rotatable bonds is 5. The minimum absolute atomic E-state index is 0.581. The molecule has 1 saturated heterocycles. The highest BCUT2D eigenvalue weighted by Crippen LogP contribution is 2.24. The van der Waals surface area contributed by atoms with Crippen molar-refractivity contribution >= 4 is 0 Å². The molecule has 0 aromatic carbocycles. The van der Waals surface area contributed by atoms with Gasteiger partial charge in [0.25, 0.3) is 0 Å². The average molecular weight is 236 g/mol. The summed E-state index contributed by atoms with van der Waals surface area (Å²) in [7, 11) is 0. The Balaban J connectivity index is 1.83. The summed E-state index contributed by atoms with van der Waals surface area (Å²) in [5, 5.41) is 0. The predicted molar refractivity (Wildman–Crippen MR) is 69.7 cm³/mol. The largest absolute Gasteiger partial charge is 0.336 e. The van der Waals surface area contributed by atoms with Gasteiger partial charge in [0.05, 0.1) is 6.33 Å². The van der Waals surface area contributed by atoms with E-state index in [0.717, 1.165) is 25.6 Å². The Labute approximate surface area is 104 Å². The van der Waals surface area contributed by atoms with Gasteiger partial charge in [-0.15, -0.1) is 0 Å². The van der Waals surface area contributed by atoms with Crippen LogP contribution in [0.25, 0.3) is 0 Å². The lowest BCUT2D eigenvalue weighted by Gasteiger charge is -2.38. The van der Waals surface area contributed by atoms with Crippen LogP contribution in [0.3, 0.4) is 0 Å². The molecule has 2 atom stereocenters. The summed E-state index contributed by atoms with van der Waals surface area (Å²) in [6, 6.07) is 0.581. The Morgan fingerprint density at radius 3 is 2.94 bits per heavy atom. The molecule has 96 valence electrons. The van der Waals surface area contributed by atoms with Gasteiger partial charge >= 0.3 is 0 Å². The molecule has 1 aromatic rings. The lowest BCUT2D eigenvalue weighted by atomic mass is 9.89. The number of hydrogen-bond acceptors (Lipinski definition) is 3. The Hall–Kier alpha value is -0.870. The van der Waals surface area contributed by atoms with E-state index in [4.69, 9.17) is 5.73 Å². The fraction of sp³-hybridized carbons (Fsp3) is 0.769. The van der Waals surface area contributed by atoms with E-state index >= 15 is 0 Å². The Morgan fingerprint density at radius 1 is 1.41 bits per heavy atom. The molecule has 2 heterocycles. The van der Waals surface area contributed by atoms with E-state index in [-0.39, 0.29) is 0 Å². The summed E-state index contributed by atoms with van der Waals surface area (Å²) < 4.78 is 2.14. The topological polar surface area (TPSA) is 47.1 Å². The van der Waals surface area contributed by atoms with Crippen molar-refractivity contribution in [2.24, 2.45) is 11.7 Å². The number of imidazole rings is 1. The highest BCUT2D eigenvalue weighted by atomic mass is 15.2. The summed E-state index contributed by atoms with van der Waals surface area (Å²) in [5.74, 6) is 0.882. The van der Waals surface area contributed by atoms with Gasteiger partial charge in [0, 0.05) is 38.1 Å². The molecule has 17 heavy (non-hydrogen) atoms. The zero-order valence-electron chi connectivity index (χ0n) is 10.8. The van der Waals surface area contributed by atoms with Crippen molar-refractivity contribution in [2.45, 2.75) is 38.8 Å². The third-order valence-corrected chi connectivity index (χ3v) is 4.00. The Bertz CT molecular complexity index is 309. The smallest absolute Gasteiger partial charge is 0.0946 e. The van der Waals surface area contributed by atoms with Crippen LogP contribution in [0.15, 0.2) is 18.7 Å². The van der Waals surface area contributed by atoms with Gasteiger partial charge in [0.1, 0.15) is 0 Å². The molecule has 0 radical (unpaired) electrons. The van der Waals surface area contributed by atoms with E-state index < -0.39 is 0 Å². The van der Waals surface area contributed by atoms with Gasteiger partial charge in [-0.2, -0.15) is 0 Å². The third-order valence-electron chi connectivity index (χ3n) is 4.00. The molecule has 1 aliphatic rings. The van der Waals surface area contributed by atoms with Gasteiger partial charge in [0.2, 0.25) is 0 Å². The number of nitrogens with zero attached hydrogens (tertiary/aromatic N) is 3. The van der Waals surface area contributed by atoms with E-state index in [2.05, 4.69) is 21.4 Å². The first-order valence-electron chi connectivity index (χ1n) is 6.73. The van der Waals surface area contributed by atoms with Crippen LogP contribution in [-0.2, 0) is 6.54 Å². The lowest BCUT2D eigenvalue weighted by Crippen LogP contribution is -2.47. The van der Waals surface area contributed by atoms with E-state index in [1.165, 1.54) is 25.8 Å². The van der Waals surface area contributed by atoms with Gasteiger partial charge in [-0.3, -0.25) is 4.90 Å². The van der Waals surface area contributed by atoms with Gasteiger partial charge in [-0.05, 0) is 25.3 Å². The van der Waals surface area contributed by atoms with Crippen molar-refractivity contribution in [1.82, 2.24) is 14.5 Å². The number of nitrogens with two attached hydrogens (primary N) is 1. The van der Waals surface area contributed by atoms with Crippen LogP contribution in [0.2, 0.25) is 0 Å². The first-order chi connectivity index (χ1) is 8.33. The van der Waals surface area contributed by atoms with Crippen molar-refractivity contribution in [1.29, 1.82) is 0 Å². The normalized spacial score (nSPS) is 26.2. The molecule has 0 saturated carbocycles. The van der Waals surface area contributed by atoms with Crippen molar-refractivity contribution in [3.05, 3.63) is 18.7 Å². The maximum absolute atomic E-state index is 5.90. The lowest BCUT2D eigenvalue weighted by molar-refractivity contribution is 0.110. The molecule has 2 rings (SSSR count). The van der Waals surface area contributed by atoms with Crippen molar-refractivity contribution < 1.29 is 0 Å². The molecule has 2 unspecified atom stereocenters. The Morgan fingerprint density at radius 2 is 2.29 bits per heavy atom. The molecule has 0 amide bonds. The summed E-state index contributed by atoms with van der Waals surface area (Å²) >= 11 is 0. The first kappa shape index (κ1) is 12.6. The molecule has 1 aromatic heterocycles. The van der Waals surface area contributed by atoms with Crippen molar-refractivity contribution in [3.63, 3.8) is 0 Å². The van der Waals surface area contributed by atoms with E-state index in [1.807, 2.05) is 18.7 Å². The monoisotopic (exact) mass is 236 g/mol. The molecule has 4 heteroatoms. The highest BCUT2D eigenvalue weighted by Gasteiger charge is 2.25. The molecular formula is C13H24N4. The van der Waals surface area contributed by atoms with Gasteiger partial charge < -0.3 is 10.3 Å². The number of likely N-dealkylation sites (tertiary alicyclic amines) is 1. The summed E-state index contributed by atoms with van der Waals surface area (Å²) in [4.78, 5) is 6.62. The molecule has 1 aliphatic heterocycles. The second-order valence-electron chi connectivity index (χ2n) is 5.02. The van der Waals surface area contributed by atoms with Gasteiger partial charge in [-0.25, -0.2) is 4.98 Å². The van der Waals surface area contributed by atoms with Crippen LogP contribution >= 0.6 is 0 Å². The average Bonchev–Trinajstić information content (AvgIpc) is 2.89. The van der Waals surface area contributed by atoms with Crippen molar-refractivity contribution in [3.8, 4) is 0 Å². The van der Waals surface area contributed by atoms with E-state index in [0.29, 0.717) is 6.04 Å². The zero-order valence-corrected chi connectivity index (χ0v) is 10.8. The zero-order chi connectivity index (χ0) is 12.1. The SMILES string of the molecule is CCC1CCN(CCn2ccnc2)C(CN)C1. The molecular weight excluding hydrogens is 212 g/mol. The quantitative estimate of drug-likeness (QED) is 0.839. The van der Waals surface area contributed by atoms with Crippen LogP contribution < -0.4 is 5.73 Å². The molecule has 2 N–H and O–H groups in total. The second kappa shape index (κ2) is 6.17. The highest BCUT2D eigenvalue weighted by molar-refractivity contribution is 4.83. The fourth-order valence-corrected chi connectivity index (χ4v) is 2.76. The predicted octanol–water partition coefficient (Wildman–Crippen LogP) is 1.33. The fourth-order valence-electron chi connectivity index (χ4n) is 2.76. The maximum Gasteiger partial charge on any atom is 0.0946 e. The third kappa shape index (κ3) is 3.30. The standard InChI is InChI=1S/C13H24N4/c1-2-12-3-5-17(13(9-12)10-14)8-7-16-6-4-15-11-16/h4,6,11-13H,2-3,5,7-10,14H2,1H3. The summed E-state index contributed by atoms with van der Waals surface area (Å²) in [6.45, 7) is 6.40. The molecule has 0 aliphatic carbocycles. The Kier molecular flexibility index (Phi) is 4.57. The van der Waals surface area contributed by atoms with Crippen LogP contribution in [-0.4, -0.2) is 40.1 Å². The molecule has 4 nitrogen and oxygen atoms in total. The van der Waals surface area contributed by atoms with Crippen LogP contribution in [0.1, 0.15) is 26.2 Å². The number of aromatic nitrogens is 2. The second-order valence-corrected chi connectivity index (χ2v) is 5.02. The molecule has 1 fully saturated rings. The summed E-state index contributed by atoms with van der Waals surface area (Å²) in [6.07, 6.45) is 9.65. The van der Waals surface area contributed by atoms with Crippen LogP contribution in [0.4, 0.5) is 0 Å². The summed E-state index contributed by atoms with van der Waals surface area (Å²) in [5.41, 5.74) is 5.90. The first-order valence-corrected chi connectivity index (χ1v) is 6.73.